The molecule has 1 aliphatic rings. The molecule has 0 bridgehead atoms. The average Bonchev–Trinajstić information content (AvgIpc) is 3.51. The Kier molecular flexibility index (Phi) is 8.26. The van der Waals surface area contributed by atoms with Crippen molar-refractivity contribution in [3.05, 3.63) is 88.1 Å². The number of benzene rings is 2. The molecule has 9 nitrogen and oxygen atoms in total. The first-order chi connectivity index (χ1) is 17.9. The van der Waals surface area contributed by atoms with Crippen LogP contribution in [0.25, 0.3) is 0 Å². The number of hydrazine groups is 1. The van der Waals surface area contributed by atoms with Gasteiger partial charge in [-0.25, -0.2) is 9.80 Å². The highest BCUT2D eigenvalue weighted by molar-refractivity contribution is 7.80. The van der Waals surface area contributed by atoms with Crippen molar-refractivity contribution < 1.29 is 23.9 Å². The molecule has 1 saturated heterocycles. The third-order valence-corrected chi connectivity index (χ3v) is 6.79. The molecular formula is C26H24N4O5S2. The lowest BCUT2D eigenvalue weighted by molar-refractivity contribution is -0.131. The fourth-order valence-corrected chi connectivity index (χ4v) is 4.67. The van der Waals surface area contributed by atoms with Gasteiger partial charge < -0.3 is 10.1 Å². The molecule has 1 atom stereocenters. The third-order valence-electron chi connectivity index (χ3n) is 5.51. The number of carbonyl (C=O) groups excluding carboxylic acids is 4. The number of thiophene rings is 1. The minimum absolute atomic E-state index is 0.107. The predicted molar refractivity (Wildman–Crippen MR) is 143 cm³/mol. The van der Waals surface area contributed by atoms with Gasteiger partial charge in [-0.05, 0) is 60.4 Å². The molecule has 4 rings (SSSR count). The van der Waals surface area contributed by atoms with Crippen LogP contribution < -0.4 is 10.7 Å². The number of hydrogen-bond acceptors (Lipinski definition) is 7. The highest BCUT2D eigenvalue weighted by atomic mass is 32.1. The lowest BCUT2D eigenvalue weighted by Crippen LogP contribution is -2.49. The van der Waals surface area contributed by atoms with E-state index in [2.05, 4.69) is 10.7 Å². The molecule has 3 aromatic rings. The number of amides is 3. The molecule has 0 radical (unpaired) electrons. The van der Waals surface area contributed by atoms with Gasteiger partial charge in [-0.1, -0.05) is 36.4 Å². The summed E-state index contributed by atoms with van der Waals surface area (Å²) >= 11 is 6.80. The molecule has 2 aromatic carbocycles. The molecule has 11 heteroatoms. The Morgan fingerprint density at radius 2 is 1.76 bits per heavy atom. The van der Waals surface area contributed by atoms with Gasteiger partial charge in [-0.3, -0.25) is 24.7 Å². The predicted octanol–water partition coefficient (Wildman–Crippen LogP) is 3.60. The number of esters is 1. The first kappa shape index (κ1) is 26.0. The van der Waals surface area contributed by atoms with E-state index in [4.69, 9.17) is 17.0 Å². The normalized spacial score (nSPS) is 15.0. The Balaban J connectivity index is 1.49. The Bertz CT molecular complexity index is 1300. The monoisotopic (exact) mass is 536 g/mol. The maximum absolute atomic E-state index is 13.4. The van der Waals surface area contributed by atoms with Gasteiger partial charge in [0.2, 0.25) is 5.91 Å². The topological polar surface area (TPSA) is 108 Å². The quantitative estimate of drug-likeness (QED) is 0.318. The van der Waals surface area contributed by atoms with Crippen molar-refractivity contribution in [2.45, 2.75) is 25.9 Å². The molecule has 1 aliphatic heterocycles. The van der Waals surface area contributed by atoms with Crippen molar-refractivity contribution in [2.75, 3.05) is 11.9 Å². The van der Waals surface area contributed by atoms with Crippen LogP contribution in [0.5, 0.6) is 0 Å². The first-order valence-corrected chi connectivity index (χ1v) is 12.8. The second-order valence-electron chi connectivity index (χ2n) is 8.05. The maximum atomic E-state index is 13.4. The van der Waals surface area contributed by atoms with E-state index in [1.165, 1.54) is 21.2 Å². The van der Waals surface area contributed by atoms with Crippen molar-refractivity contribution in [3.63, 3.8) is 0 Å². The molecule has 1 fully saturated rings. The number of thiocarbonyl (C=S) groups is 1. The second-order valence-corrected chi connectivity index (χ2v) is 9.36. The summed E-state index contributed by atoms with van der Waals surface area (Å²) in [5, 5.41) is 5.88. The fourth-order valence-electron chi connectivity index (χ4n) is 3.73. The maximum Gasteiger partial charge on any atom is 0.338 e. The molecule has 2 N–H and O–H groups in total. The number of anilines is 1. The minimum Gasteiger partial charge on any atom is -0.462 e. The summed E-state index contributed by atoms with van der Waals surface area (Å²) in [6, 6.07) is 17.9. The van der Waals surface area contributed by atoms with Crippen molar-refractivity contribution >= 4 is 58.0 Å². The third kappa shape index (κ3) is 6.19. The highest BCUT2D eigenvalue weighted by Gasteiger charge is 2.44. The van der Waals surface area contributed by atoms with Crippen molar-refractivity contribution in [3.8, 4) is 0 Å². The molecule has 0 aliphatic carbocycles. The Labute approximate surface area is 223 Å². The number of rotatable bonds is 9. The standard InChI is InChI=1S/C26H24N4O5S2/c1-2-35-25(34)18-10-12-19(13-11-18)27-22(31)15-20-24(33)29(16-17-7-4-3-5-8-17)26(36)30(20)28-23(32)21-9-6-14-37-21/h3-14,20H,2,15-16H2,1H3,(H,27,31)(H,28,32)/t20-/m0/s1. The minimum atomic E-state index is -1.03. The zero-order valence-corrected chi connectivity index (χ0v) is 21.5. The molecule has 0 saturated carbocycles. The number of hydrogen-bond donors (Lipinski definition) is 2. The van der Waals surface area contributed by atoms with E-state index >= 15 is 0 Å². The summed E-state index contributed by atoms with van der Waals surface area (Å²) in [6.45, 7) is 2.18. The molecule has 37 heavy (non-hydrogen) atoms. The summed E-state index contributed by atoms with van der Waals surface area (Å²) in [5.74, 6) is -1.73. The number of nitrogens with one attached hydrogen (secondary N) is 2. The van der Waals surface area contributed by atoms with Gasteiger partial charge in [0.15, 0.2) is 5.11 Å². The summed E-state index contributed by atoms with van der Waals surface area (Å²) in [5.41, 5.74) is 4.36. The Morgan fingerprint density at radius 3 is 2.41 bits per heavy atom. The van der Waals surface area contributed by atoms with E-state index in [-0.39, 0.29) is 24.7 Å². The smallest absolute Gasteiger partial charge is 0.338 e. The van der Waals surface area contributed by atoms with Gasteiger partial charge in [0.25, 0.3) is 11.8 Å². The Hall–Kier alpha value is -4.09. The van der Waals surface area contributed by atoms with E-state index in [1.807, 2.05) is 30.3 Å². The Morgan fingerprint density at radius 1 is 1.03 bits per heavy atom. The molecule has 1 aromatic heterocycles. The van der Waals surface area contributed by atoms with Crippen LogP contribution in [0.2, 0.25) is 0 Å². The van der Waals surface area contributed by atoms with Crippen LogP contribution >= 0.6 is 23.6 Å². The van der Waals surface area contributed by atoms with Crippen LogP contribution in [0.3, 0.4) is 0 Å². The van der Waals surface area contributed by atoms with Crippen LogP contribution in [0.15, 0.2) is 72.1 Å². The van der Waals surface area contributed by atoms with Crippen molar-refractivity contribution in [2.24, 2.45) is 0 Å². The SMILES string of the molecule is CCOC(=O)c1ccc(NC(=O)C[C@H]2C(=O)N(Cc3ccccc3)C(=S)N2NC(=O)c2cccs2)cc1. The molecule has 2 heterocycles. The van der Waals surface area contributed by atoms with Crippen LogP contribution in [0, 0.1) is 0 Å². The first-order valence-electron chi connectivity index (χ1n) is 11.5. The van der Waals surface area contributed by atoms with Crippen molar-refractivity contribution in [1.29, 1.82) is 0 Å². The van der Waals surface area contributed by atoms with Gasteiger partial charge in [0, 0.05) is 5.69 Å². The number of carbonyl (C=O) groups is 4. The van der Waals surface area contributed by atoms with Crippen molar-refractivity contribution in [1.82, 2.24) is 15.3 Å². The van der Waals surface area contributed by atoms with Gasteiger partial charge >= 0.3 is 5.97 Å². The van der Waals surface area contributed by atoms with E-state index in [1.54, 1.807) is 48.7 Å². The summed E-state index contributed by atoms with van der Waals surface area (Å²) in [6.07, 6.45) is -0.255. The molecule has 190 valence electrons. The van der Waals surface area contributed by atoms with Crippen LogP contribution in [0.4, 0.5) is 5.69 Å². The van der Waals surface area contributed by atoms with Gasteiger partial charge in [0.1, 0.15) is 6.04 Å². The zero-order valence-electron chi connectivity index (χ0n) is 19.9. The summed E-state index contributed by atoms with van der Waals surface area (Å²) < 4.78 is 4.96. The van der Waals surface area contributed by atoms with E-state index < -0.39 is 29.7 Å². The van der Waals surface area contributed by atoms with Crippen LogP contribution in [0.1, 0.15) is 38.9 Å². The largest absolute Gasteiger partial charge is 0.462 e. The molecule has 0 unspecified atom stereocenters. The van der Waals surface area contributed by atoms with E-state index in [9.17, 15) is 19.2 Å². The van der Waals surface area contributed by atoms with Crippen LogP contribution in [-0.4, -0.2) is 51.4 Å². The fraction of sp³-hybridized carbons (Fsp3) is 0.192. The number of ether oxygens (including phenoxy) is 1. The van der Waals surface area contributed by atoms with Gasteiger partial charge in [-0.15, -0.1) is 11.3 Å². The zero-order chi connectivity index (χ0) is 26.4. The summed E-state index contributed by atoms with van der Waals surface area (Å²) in [4.78, 5) is 52.7. The van der Waals surface area contributed by atoms with Crippen LogP contribution in [-0.2, 0) is 20.9 Å². The lowest BCUT2D eigenvalue weighted by Gasteiger charge is -2.24. The van der Waals surface area contributed by atoms with E-state index in [0.29, 0.717) is 16.1 Å². The highest BCUT2D eigenvalue weighted by Crippen LogP contribution is 2.23. The van der Waals surface area contributed by atoms with Gasteiger partial charge in [0.05, 0.1) is 30.0 Å². The molecular weight excluding hydrogens is 512 g/mol. The average molecular weight is 537 g/mol. The molecule has 3 amide bonds. The molecule has 0 spiro atoms. The van der Waals surface area contributed by atoms with Gasteiger partial charge in [-0.2, -0.15) is 0 Å². The lowest BCUT2D eigenvalue weighted by atomic mass is 10.1. The second kappa shape index (κ2) is 11.8. The number of nitrogens with zero attached hydrogens (tertiary/aromatic N) is 2. The summed E-state index contributed by atoms with van der Waals surface area (Å²) in [7, 11) is 0. The van der Waals surface area contributed by atoms with E-state index in [0.717, 1.165) is 5.56 Å².